The molecule has 3 unspecified atom stereocenters. The summed E-state index contributed by atoms with van der Waals surface area (Å²) in [4.78, 5) is 34.1. The van der Waals surface area contributed by atoms with Crippen molar-refractivity contribution in [3.8, 4) is 5.82 Å². The van der Waals surface area contributed by atoms with Crippen LogP contribution in [-0.4, -0.2) is 78.1 Å². The SMILES string of the molecule is CC1CC2(CC3CCC(C2)N3CCc2ccc(-n3cnnn3)nc2)C(=O)N1C1=CC(=O)OC1. The number of hydrogen-bond donors (Lipinski definition) is 0. The number of likely N-dealkylation sites (tertiary alicyclic amines) is 1. The van der Waals surface area contributed by atoms with Crippen molar-refractivity contribution >= 4 is 11.9 Å². The van der Waals surface area contributed by atoms with Crippen LogP contribution in [0.1, 0.15) is 44.6 Å². The maximum Gasteiger partial charge on any atom is 0.333 e. The van der Waals surface area contributed by atoms with Gasteiger partial charge in [0.2, 0.25) is 5.91 Å². The summed E-state index contributed by atoms with van der Waals surface area (Å²) in [7, 11) is 0. The maximum atomic E-state index is 13.6. The fourth-order valence-electron chi connectivity index (χ4n) is 6.49. The molecule has 3 saturated heterocycles. The number of ether oxygens (including phenoxy) is 1. The Morgan fingerprint density at radius 1 is 1.15 bits per heavy atom. The second kappa shape index (κ2) is 7.72. The molecule has 0 radical (unpaired) electrons. The number of pyridine rings is 1. The molecule has 6 rings (SSSR count). The highest BCUT2D eigenvalue weighted by Crippen LogP contribution is 2.53. The molecule has 1 amide bonds. The third-order valence-corrected chi connectivity index (χ3v) is 7.83. The molecule has 6 heterocycles. The average Bonchev–Trinajstić information content (AvgIpc) is 3.57. The molecule has 2 aromatic rings. The van der Waals surface area contributed by atoms with Gasteiger partial charge in [-0.25, -0.2) is 9.78 Å². The van der Waals surface area contributed by atoms with Crippen LogP contribution >= 0.6 is 0 Å². The number of hydrogen-bond acceptors (Lipinski definition) is 8. The van der Waals surface area contributed by atoms with E-state index in [1.807, 2.05) is 17.2 Å². The first-order chi connectivity index (χ1) is 16.0. The smallest absolute Gasteiger partial charge is 0.333 e. The molecule has 10 heteroatoms. The highest BCUT2D eigenvalue weighted by molar-refractivity contribution is 5.91. The third kappa shape index (κ3) is 3.43. The van der Waals surface area contributed by atoms with Crippen molar-refractivity contribution in [2.24, 2.45) is 5.41 Å². The number of tetrazole rings is 1. The van der Waals surface area contributed by atoms with Crippen molar-refractivity contribution in [2.75, 3.05) is 13.2 Å². The van der Waals surface area contributed by atoms with Crippen LogP contribution in [0.2, 0.25) is 0 Å². The number of carbonyl (C=O) groups is 2. The Kier molecular flexibility index (Phi) is 4.79. The highest BCUT2D eigenvalue weighted by Gasteiger charge is 2.58. The summed E-state index contributed by atoms with van der Waals surface area (Å²) in [6, 6.07) is 4.99. The van der Waals surface area contributed by atoms with E-state index in [2.05, 4.69) is 38.4 Å². The third-order valence-electron chi connectivity index (χ3n) is 7.83. The normalized spacial score (nSPS) is 31.5. The predicted molar refractivity (Wildman–Crippen MR) is 116 cm³/mol. The molecule has 1 spiro atoms. The lowest BCUT2D eigenvalue weighted by Gasteiger charge is -2.43. The minimum atomic E-state index is -0.346. The van der Waals surface area contributed by atoms with Crippen LogP contribution in [0.15, 0.2) is 36.4 Å². The zero-order valence-electron chi connectivity index (χ0n) is 18.6. The topological polar surface area (TPSA) is 106 Å². The monoisotopic (exact) mass is 449 g/mol. The van der Waals surface area contributed by atoms with Gasteiger partial charge in [-0.1, -0.05) is 6.07 Å². The lowest BCUT2D eigenvalue weighted by molar-refractivity contribution is -0.140. The van der Waals surface area contributed by atoms with E-state index in [1.165, 1.54) is 18.0 Å². The van der Waals surface area contributed by atoms with E-state index >= 15 is 0 Å². The van der Waals surface area contributed by atoms with E-state index in [0.29, 0.717) is 17.9 Å². The van der Waals surface area contributed by atoms with Crippen LogP contribution < -0.4 is 0 Å². The number of nitrogens with zero attached hydrogens (tertiary/aromatic N) is 7. The Hall–Kier alpha value is -3.14. The maximum absolute atomic E-state index is 13.6. The van der Waals surface area contributed by atoms with Gasteiger partial charge in [-0.3, -0.25) is 9.69 Å². The van der Waals surface area contributed by atoms with Crippen LogP contribution in [0.25, 0.3) is 5.82 Å². The van der Waals surface area contributed by atoms with Crippen molar-refractivity contribution in [1.82, 2.24) is 35.0 Å². The summed E-state index contributed by atoms with van der Waals surface area (Å²) < 4.78 is 6.62. The van der Waals surface area contributed by atoms with Crippen molar-refractivity contribution in [3.05, 3.63) is 42.0 Å². The number of piperidine rings is 1. The number of amides is 1. The summed E-state index contributed by atoms with van der Waals surface area (Å²) in [6.45, 7) is 3.28. The second-order valence-electron chi connectivity index (χ2n) is 9.81. The zero-order chi connectivity index (χ0) is 22.6. The molecule has 4 aliphatic heterocycles. The van der Waals surface area contributed by atoms with Gasteiger partial charge in [-0.05, 0) is 67.5 Å². The lowest BCUT2D eigenvalue weighted by Crippen LogP contribution is -2.51. The van der Waals surface area contributed by atoms with Gasteiger partial charge in [0.1, 0.15) is 12.9 Å². The van der Waals surface area contributed by atoms with E-state index in [4.69, 9.17) is 4.74 Å². The second-order valence-corrected chi connectivity index (χ2v) is 9.81. The first kappa shape index (κ1) is 20.5. The van der Waals surface area contributed by atoms with Crippen molar-refractivity contribution in [2.45, 2.75) is 63.6 Å². The minimum absolute atomic E-state index is 0.106. The molecular weight excluding hydrogens is 422 g/mol. The van der Waals surface area contributed by atoms with E-state index in [-0.39, 0.29) is 29.9 Å². The molecule has 0 aliphatic carbocycles. The van der Waals surface area contributed by atoms with Crippen LogP contribution in [-0.2, 0) is 20.7 Å². The molecule has 0 N–H and O–H groups in total. The summed E-state index contributed by atoms with van der Waals surface area (Å²) in [5.74, 6) is 0.548. The van der Waals surface area contributed by atoms with Crippen molar-refractivity contribution < 1.29 is 14.3 Å². The van der Waals surface area contributed by atoms with Gasteiger partial charge in [0.15, 0.2) is 5.82 Å². The average molecular weight is 450 g/mol. The van der Waals surface area contributed by atoms with Crippen LogP contribution in [0.4, 0.5) is 0 Å². The number of aromatic nitrogens is 5. The van der Waals surface area contributed by atoms with E-state index < -0.39 is 0 Å². The predicted octanol–water partition coefficient (Wildman–Crippen LogP) is 1.27. The Morgan fingerprint density at radius 2 is 1.97 bits per heavy atom. The summed E-state index contributed by atoms with van der Waals surface area (Å²) >= 11 is 0. The van der Waals surface area contributed by atoms with Crippen LogP contribution in [0.5, 0.6) is 0 Å². The molecule has 0 saturated carbocycles. The molecular formula is C23H27N7O3. The molecule has 3 atom stereocenters. The Bertz CT molecular complexity index is 1080. The molecule has 2 aromatic heterocycles. The Morgan fingerprint density at radius 3 is 2.61 bits per heavy atom. The molecule has 2 bridgehead atoms. The fourth-order valence-corrected chi connectivity index (χ4v) is 6.49. The molecule has 172 valence electrons. The summed E-state index contributed by atoms with van der Waals surface area (Å²) in [6.07, 6.45) is 10.8. The Labute approximate surface area is 191 Å². The summed E-state index contributed by atoms with van der Waals surface area (Å²) in [5, 5.41) is 11.2. The molecule has 4 aliphatic rings. The summed E-state index contributed by atoms with van der Waals surface area (Å²) in [5.41, 5.74) is 1.60. The van der Waals surface area contributed by atoms with E-state index in [9.17, 15) is 9.59 Å². The number of carbonyl (C=O) groups excluding carboxylic acids is 2. The first-order valence-electron chi connectivity index (χ1n) is 11.7. The number of rotatable bonds is 5. The standard InChI is InChI=1S/C23H27N7O3/c1-15-9-23(22(32)30(15)19-8-21(31)33-13-19)10-17-3-4-18(11-23)28(17)7-6-16-2-5-20(24-12-16)29-14-25-26-27-29/h2,5,8,12,14-15,17-18H,3-4,6-7,9-11,13H2,1H3. The lowest BCUT2D eigenvalue weighted by atomic mass is 9.72. The number of esters is 1. The van der Waals surface area contributed by atoms with Gasteiger partial charge in [-0.15, -0.1) is 5.10 Å². The molecule has 3 fully saturated rings. The number of fused-ring (bicyclic) bond motifs is 2. The quantitative estimate of drug-likeness (QED) is 0.629. The largest absolute Gasteiger partial charge is 0.456 e. The molecule has 0 aromatic carbocycles. The highest BCUT2D eigenvalue weighted by atomic mass is 16.5. The van der Waals surface area contributed by atoms with Gasteiger partial charge < -0.3 is 9.64 Å². The molecule has 33 heavy (non-hydrogen) atoms. The fraction of sp³-hybridized carbons (Fsp3) is 0.565. The van der Waals surface area contributed by atoms with Crippen LogP contribution in [0.3, 0.4) is 0 Å². The van der Waals surface area contributed by atoms with Gasteiger partial charge in [0.05, 0.1) is 11.1 Å². The van der Waals surface area contributed by atoms with Crippen molar-refractivity contribution in [1.29, 1.82) is 0 Å². The Balaban J connectivity index is 1.12. The zero-order valence-corrected chi connectivity index (χ0v) is 18.6. The minimum Gasteiger partial charge on any atom is -0.456 e. The van der Waals surface area contributed by atoms with Crippen LogP contribution in [0, 0.1) is 5.41 Å². The van der Waals surface area contributed by atoms with E-state index in [0.717, 1.165) is 50.8 Å². The van der Waals surface area contributed by atoms with Crippen molar-refractivity contribution in [3.63, 3.8) is 0 Å². The van der Waals surface area contributed by atoms with Gasteiger partial charge in [-0.2, -0.15) is 4.68 Å². The van der Waals surface area contributed by atoms with Gasteiger partial charge >= 0.3 is 5.97 Å². The van der Waals surface area contributed by atoms with Gasteiger partial charge in [0.25, 0.3) is 0 Å². The van der Waals surface area contributed by atoms with E-state index in [1.54, 1.807) is 4.68 Å². The molecule has 10 nitrogen and oxygen atoms in total. The van der Waals surface area contributed by atoms with Gasteiger partial charge in [0, 0.05) is 36.9 Å². The first-order valence-corrected chi connectivity index (χ1v) is 11.7. The number of cyclic esters (lactones) is 1.